The molecule has 3 N–H and O–H groups in total. The topological polar surface area (TPSA) is 127 Å². The van der Waals surface area contributed by atoms with Gasteiger partial charge in [0.05, 0.1) is 13.7 Å². The number of carbonyl (C=O) groups is 2. The van der Waals surface area contributed by atoms with Gasteiger partial charge in [-0.3, -0.25) is 9.59 Å². The number of nitrogens with one attached hydrogen (secondary N) is 3. The first kappa shape index (κ1) is 39.0. The molecule has 0 aliphatic carbocycles. The molecule has 3 aromatic carbocycles. The maximum atomic E-state index is 15.1. The van der Waals surface area contributed by atoms with Crippen LogP contribution in [0.3, 0.4) is 0 Å². The Hall–Kier alpha value is -5.23. The van der Waals surface area contributed by atoms with Crippen LogP contribution >= 0.6 is 0 Å². The molecule has 0 radical (unpaired) electrons. The van der Waals surface area contributed by atoms with Crippen LogP contribution in [0.4, 0.5) is 21.7 Å². The predicted molar refractivity (Wildman–Crippen MR) is 205 cm³/mol. The zero-order chi connectivity index (χ0) is 37.7. The summed E-state index contributed by atoms with van der Waals surface area (Å²) >= 11 is 0. The van der Waals surface area contributed by atoms with Crippen LogP contribution in [0.2, 0.25) is 0 Å². The molecule has 1 atom stereocenters. The minimum atomic E-state index is -0.517. The van der Waals surface area contributed by atoms with Crippen molar-refractivity contribution in [2.45, 2.75) is 78.7 Å². The van der Waals surface area contributed by atoms with Crippen molar-refractivity contribution in [2.75, 3.05) is 44.0 Å². The molecule has 1 saturated heterocycles. The number of benzene rings is 3. The van der Waals surface area contributed by atoms with Crippen LogP contribution < -0.4 is 30.2 Å². The number of para-hydroxylation sites is 1. The fourth-order valence-corrected chi connectivity index (χ4v) is 6.09. The van der Waals surface area contributed by atoms with Gasteiger partial charge in [-0.25, -0.2) is 9.37 Å². The molecule has 11 nitrogen and oxygen atoms in total. The summed E-state index contributed by atoms with van der Waals surface area (Å²) in [6.45, 7) is 11.4. The number of rotatable bonds is 17. The number of anilines is 3. The van der Waals surface area contributed by atoms with Crippen LogP contribution in [0.25, 0.3) is 0 Å². The summed E-state index contributed by atoms with van der Waals surface area (Å²) in [6.07, 6.45) is 7.61. The monoisotopic (exact) mass is 726 g/mol. The molecule has 0 saturated carbocycles. The number of aryl methyl sites for hydroxylation is 3. The van der Waals surface area contributed by atoms with E-state index in [4.69, 9.17) is 14.2 Å². The summed E-state index contributed by atoms with van der Waals surface area (Å²) < 4.78 is 32.8. The van der Waals surface area contributed by atoms with Crippen LogP contribution in [0.15, 0.2) is 60.8 Å². The van der Waals surface area contributed by atoms with Gasteiger partial charge in [0.15, 0.2) is 23.1 Å². The third-order valence-electron chi connectivity index (χ3n) is 9.33. The standard InChI is InChI=1S/C41H51FN6O5/c1-6-29(4)44-37(49)19-15-30-14-17-35(36(24-30)51-5)53-40-32(39(50)46-38-27(2)12-10-13-28(38)3)26-43-41(47-40)45-31-16-18-34(33(42)25-31)52-23-11-22-48-20-8-7-9-21-48/h10,12-14,16-18,24-26,29H,6-9,11,15,19-23H2,1-5H3,(H,44,49)(H,46,50)(H,43,45,47)/t29-/m0/s1. The van der Waals surface area contributed by atoms with Gasteiger partial charge in [-0.15, -0.1) is 0 Å². The summed E-state index contributed by atoms with van der Waals surface area (Å²) in [4.78, 5) is 37.4. The molecule has 0 unspecified atom stereocenters. The van der Waals surface area contributed by atoms with Crippen LogP contribution in [0.1, 0.15) is 79.4 Å². The van der Waals surface area contributed by atoms with E-state index in [9.17, 15) is 9.59 Å². The predicted octanol–water partition coefficient (Wildman–Crippen LogP) is 8.13. The Morgan fingerprint density at radius 3 is 2.45 bits per heavy atom. The number of aromatic nitrogens is 2. The number of nitrogens with zero attached hydrogens (tertiary/aromatic N) is 3. The van der Waals surface area contributed by atoms with E-state index >= 15 is 4.39 Å². The van der Waals surface area contributed by atoms with Gasteiger partial charge in [0.1, 0.15) is 5.56 Å². The van der Waals surface area contributed by atoms with E-state index in [0.717, 1.165) is 49.2 Å². The van der Waals surface area contributed by atoms with Gasteiger partial charge in [-0.05, 0) is 107 Å². The molecule has 12 heteroatoms. The zero-order valence-corrected chi connectivity index (χ0v) is 31.4. The molecule has 1 fully saturated rings. The third-order valence-corrected chi connectivity index (χ3v) is 9.33. The quantitative estimate of drug-likeness (QED) is 0.0925. The number of amides is 2. The van der Waals surface area contributed by atoms with Crippen molar-refractivity contribution in [3.8, 4) is 23.1 Å². The highest BCUT2D eigenvalue weighted by atomic mass is 19.1. The van der Waals surface area contributed by atoms with Gasteiger partial charge in [0, 0.05) is 42.6 Å². The minimum absolute atomic E-state index is 0.0236. The smallest absolute Gasteiger partial charge is 0.262 e. The number of ether oxygens (including phenoxy) is 3. The second-order valence-corrected chi connectivity index (χ2v) is 13.5. The maximum Gasteiger partial charge on any atom is 0.262 e. The zero-order valence-electron chi connectivity index (χ0n) is 31.4. The van der Waals surface area contributed by atoms with Crippen molar-refractivity contribution >= 4 is 29.1 Å². The van der Waals surface area contributed by atoms with E-state index < -0.39 is 11.7 Å². The molecule has 1 aliphatic rings. The molecule has 2 heterocycles. The third kappa shape index (κ3) is 11.1. The van der Waals surface area contributed by atoms with Gasteiger partial charge in [-0.1, -0.05) is 37.6 Å². The van der Waals surface area contributed by atoms with Gasteiger partial charge in [-0.2, -0.15) is 4.98 Å². The van der Waals surface area contributed by atoms with Crippen molar-refractivity contribution in [1.82, 2.24) is 20.2 Å². The first-order chi connectivity index (χ1) is 25.6. The Balaban J connectivity index is 1.33. The first-order valence-corrected chi connectivity index (χ1v) is 18.4. The van der Waals surface area contributed by atoms with Gasteiger partial charge in [0.2, 0.25) is 17.7 Å². The minimum Gasteiger partial charge on any atom is -0.493 e. The number of carbonyl (C=O) groups excluding carboxylic acids is 2. The maximum absolute atomic E-state index is 15.1. The lowest BCUT2D eigenvalue weighted by molar-refractivity contribution is -0.121. The first-order valence-electron chi connectivity index (χ1n) is 18.4. The molecule has 53 heavy (non-hydrogen) atoms. The van der Waals surface area contributed by atoms with Gasteiger partial charge in [0.25, 0.3) is 5.91 Å². The average Bonchev–Trinajstić information content (AvgIpc) is 3.15. The molecule has 1 aromatic heterocycles. The molecule has 282 valence electrons. The number of hydrogen-bond donors (Lipinski definition) is 3. The summed E-state index contributed by atoms with van der Waals surface area (Å²) in [5, 5.41) is 8.97. The number of hydrogen-bond acceptors (Lipinski definition) is 9. The van der Waals surface area contributed by atoms with E-state index in [1.807, 2.05) is 52.0 Å². The van der Waals surface area contributed by atoms with E-state index in [-0.39, 0.29) is 35.1 Å². The summed E-state index contributed by atoms with van der Waals surface area (Å²) in [7, 11) is 1.51. The van der Waals surface area contributed by atoms with E-state index in [1.54, 1.807) is 24.3 Å². The largest absolute Gasteiger partial charge is 0.493 e. The Morgan fingerprint density at radius 1 is 0.981 bits per heavy atom. The summed E-state index contributed by atoms with van der Waals surface area (Å²) in [6, 6.07) is 15.8. The van der Waals surface area contributed by atoms with Gasteiger partial charge < -0.3 is 35.1 Å². The molecular formula is C41H51FN6O5. The molecule has 0 spiro atoms. The Kier molecular flexibility index (Phi) is 14.0. The molecular weight excluding hydrogens is 675 g/mol. The molecule has 0 bridgehead atoms. The lowest BCUT2D eigenvalue weighted by Gasteiger charge is -2.26. The SMILES string of the molecule is CC[C@H](C)NC(=O)CCc1ccc(Oc2nc(Nc3ccc(OCCCN4CCCCC4)c(F)c3)ncc2C(=O)Nc2c(C)cccc2C)c(OC)c1. The number of piperidine rings is 1. The fraction of sp³-hybridized carbons (Fsp3) is 0.415. The van der Waals surface area contributed by atoms with E-state index in [0.29, 0.717) is 42.3 Å². The highest BCUT2D eigenvalue weighted by molar-refractivity contribution is 6.06. The number of likely N-dealkylation sites (tertiary alicyclic amines) is 1. The van der Waals surface area contributed by atoms with Crippen molar-refractivity contribution in [2.24, 2.45) is 0 Å². The van der Waals surface area contributed by atoms with Crippen LogP contribution in [-0.2, 0) is 11.2 Å². The van der Waals surface area contributed by atoms with Crippen molar-refractivity contribution < 1.29 is 28.2 Å². The summed E-state index contributed by atoms with van der Waals surface area (Å²) in [5.74, 6) is -0.100. The highest BCUT2D eigenvalue weighted by Gasteiger charge is 2.21. The molecule has 2 amide bonds. The number of methoxy groups -OCH3 is 1. The summed E-state index contributed by atoms with van der Waals surface area (Å²) in [5.41, 5.74) is 3.81. The van der Waals surface area contributed by atoms with E-state index in [2.05, 4.69) is 30.8 Å². The molecule has 1 aliphatic heterocycles. The van der Waals surface area contributed by atoms with Crippen LogP contribution in [-0.4, -0.2) is 66.1 Å². The number of halogens is 1. The Morgan fingerprint density at radius 2 is 1.74 bits per heavy atom. The molecule has 5 rings (SSSR count). The van der Waals surface area contributed by atoms with Crippen LogP contribution in [0, 0.1) is 19.7 Å². The van der Waals surface area contributed by atoms with E-state index in [1.165, 1.54) is 38.6 Å². The van der Waals surface area contributed by atoms with Crippen LogP contribution in [0.5, 0.6) is 23.1 Å². The lowest BCUT2D eigenvalue weighted by atomic mass is 10.1. The van der Waals surface area contributed by atoms with Crippen molar-refractivity contribution in [1.29, 1.82) is 0 Å². The second kappa shape index (κ2) is 19.0. The Labute approximate surface area is 311 Å². The normalized spacial score (nSPS) is 13.5. The highest BCUT2D eigenvalue weighted by Crippen LogP contribution is 2.35. The van der Waals surface area contributed by atoms with Crippen molar-refractivity contribution in [3.63, 3.8) is 0 Å². The van der Waals surface area contributed by atoms with Crippen molar-refractivity contribution in [3.05, 3.63) is 88.9 Å². The molecule has 4 aromatic rings. The van der Waals surface area contributed by atoms with Gasteiger partial charge >= 0.3 is 0 Å². The lowest BCUT2D eigenvalue weighted by Crippen LogP contribution is -2.31. The fourth-order valence-electron chi connectivity index (χ4n) is 6.09. The second-order valence-electron chi connectivity index (χ2n) is 13.5. The Bertz CT molecular complexity index is 1840. The average molecular weight is 727 g/mol.